The van der Waals surface area contributed by atoms with Gasteiger partial charge in [0.1, 0.15) is 5.15 Å². The number of fused-ring (bicyclic) bond motifs is 1. The molecule has 2 heterocycles. The van der Waals surface area contributed by atoms with Crippen molar-refractivity contribution in [2.24, 2.45) is 5.73 Å². The van der Waals surface area contributed by atoms with E-state index in [0.29, 0.717) is 17.0 Å². The van der Waals surface area contributed by atoms with Gasteiger partial charge in [-0.1, -0.05) is 11.6 Å². The number of nitrogens with zero attached hydrogens (tertiary/aromatic N) is 2. The highest BCUT2D eigenvalue weighted by Crippen LogP contribution is 2.22. The zero-order valence-corrected chi connectivity index (χ0v) is 10.9. The second-order valence-corrected chi connectivity index (χ2v) is 4.30. The summed E-state index contributed by atoms with van der Waals surface area (Å²) in [4.78, 5) is 27.0. The highest BCUT2D eigenvalue weighted by Gasteiger charge is 2.38. The first-order chi connectivity index (χ1) is 9.02. The van der Waals surface area contributed by atoms with Crippen molar-refractivity contribution in [3.05, 3.63) is 29.7 Å². The highest BCUT2D eigenvalue weighted by atomic mass is 35.5. The van der Waals surface area contributed by atoms with Crippen LogP contribution in [0.2, 0.25) is 5.15 Å². The monoisotopic (exact) mass is 281 g/mol. The van der Waals surface area contributed by atoms with E-state index in [-0.39, 0.29) is 6.61 Å². The van der Waals surface area contributed by atoms with Crippen molar-refractivity contribution >= 4 is 34.8 Å². The van der Waals surface area contributed by atoms with Crippen LogP contribution in [0, 0.1) is 0 Å². The van der Waals surface area contributed by atoms with Gasteiger partial charge in [-0.25, -0.2) is 9.78 Å². The van der Waals surface area contributed by atoms with Crippen LogP contribution in [0.1, 0.15) is 6.92 Å². The van der Waals surface area contributed by atoms with Gasteiger partial charge in [-0.15, -0.1) is 0 Å². The third kappa shape index (κ3) is 2.20. The predicted octanol–water partition coefficient (Wildman–Crippen LogP) is 1.06. The molecule has 0 radical (unpaired) electrons. The van der Waals surface area contributed by atoms with E-state index in [1.807, 2.05) is 0 Å². The molecule has 0 aliphatic rings. The molecule has 2 rings (SSSR count). The molecule has 1 unspecified atom stereocenters. The Balaban J connectivity index is 2.58. The Morgan fingerprint density at radius 2 is 2.42 bits per heavy atom. The number of aromatic nitrogens is 2. The van der Waals surface area contributed by atoms with Crippen LogP contribution in [0.15, 0.2) is 24.5 Å². The number of hydrogen-bond acceptors (Lipinski definition) is 5. The fraction of sp³-hybridized carbons (Fsp3) is 0.250. The van der Waals surface area contributed by atoms with Crippen molar-refractivity contribution in [3.8, 4) is 0 Å². The van der Waals surface area contributed by atoms with E-state index < -0.39 is 11.6 Å². The Kier molecular flexibility index (Phi) is 3.55. The molecule has 0 aliphatic heterocycles. The first kappa shape index (κ1) is 13.5. The van der Waals surface area contributed by atoms with Gasteiger partial charge >= 0.3 is 5.97 Å². The summed E-state index contributed by atoms with van der Waals surface area (Å²) in [6.07, 6.45) is 3.31. The third-order valence-corrected chi connectivity index (χ3v) is 2.93. The number of ether oxygens (including phenoxy) is 1. The van der Waals surface area contributed by atoms with Crippen LogP contribution in [-0.4, -0.2) is 28.4 Å². The van der Waals surface area contributed by atoms with Crippen molar-refractivity contribution < 1.29 is 14.3 Å². The molecule has 19 heavy (non-hydrogen) atoms. The summed E-state index contributed by atoms with van der Waals surface area (Å²) >= 11 is 5.78. The van der Waals surface area contributed by atoms with Gasteiger partial charge in [0.05, 0.1) is 18.3 Å². The zero-order chi connectivity index (χ0) is 14.0. The van der Waals surface area contributed by atoms with E-state index in [0.717, 1.165) is 5.39 Å². The summed E-state index contributed by atoms with van der Waals surface area (Å²) in [5.74, 6) is -0.822. The molecule has 0 fully saturated rings. The largest absolute Gasteiger partial charge is 0.463 e. The molecule has 0 saturated heterocycles. The second-order valence-electron chi connectivity index (χ2n) is 3.92. The van der Waals surface area contributed by atoms with Crippen LogP contribution in [0.4, 0.5) is 0 Å². The SMILES string of the molecule is CCOC(=O)C(N)(C=O)n1ccc2cc(Cl)ncc21. The predicted molar refractivity (Wildman–Crippen MR) is 69.6 cm³/mol. The minimum Gasteiger partial charge on any atom is -0.463 e. The first-order valence-corrected chi connectivity index (χ1v) is 5.96. The maximum atomic E-state index is 11.9. The number of aldehydes is 1. The van der Waals surface area contributed by atoms with Gasteiger partial charge in [0.15, 0.2) is 6.29 Å². The van der Waals surface area contributed by atoms with Crippen molar-refractivity contribution in [3.63, 3.8) is 0 Å². The van der Waals surface area contributed by atoms with Gasteiger partial charge < -0.3 is 9.30 Å². The minimum atomic E-state index is -1.91. The smallest absolute Gasteiger partial charge is 0.355 e. The van der Waals surface area contributed by atoms with E-state index in [1.54, 1.807) is 19.1 Å². The van der Waals surface area contributed by atoms with Gasteiger partial charge in [-0.2, -0.15) is 0 Å². The molecular formula is C12H12ClN3O3. The van der Waals surface area contributed by atoms with Crippen molar-refractivity contribution in [1.29, 1.82) is 0 Å². The van der Waals surface area contributed by atoms with Crippen LogP contribution in [0.3, 0.4) is 0 Å². The summed E-state index contributed by atoms with van der Waals surface area (Å²) in [5, 5.41) is 1.04. The molecule has 0 spiro atoms. The maximum Gasteiger partial charge on any atom is 0.355 e. The zero-order valence-electron chi connectivity index (χ0n) is 10.2. The number of halogens is 1. The normalized spacial score (nSPS) is 14.1. The fourth-order valence-electron chi connectivity index (χ4n) is 1.78. The molecular weight excluding hydrogens is 270 g/mol. The number of hydrogen-bond donors (Lipinski definition) is 1. The van der Waals surface area contributed by atoms with Crippen molar-refractivity contribution in [1.82, 2.24) is 9.55 Å². The van der Waals surface area contributed by atoms with E-state index in [9.17, 15) is 9.59 Å². The molecule has 0 amide bonds. The minimum absolute atomic E-state index is 0.134. The van der Waals surface area contributed by atoms with Crippen molar-refractivity contribution in [2.45, 2.75) is 12.6 Å². The number of rotatable bonds is 4. The Hall–Kier alpha value is -1.92. The Morgan fingerprint density at radius 3 is 3.05 bits per heavy atom. The number of esters is 1. The molecule has 7 heteroatoms. The Labute approximate surface area is 114 Å². The van der Waals surface area contributed by atoms with Crippen LogP contribution >= 0.6 is 11.6 Å². The quantitative estimate of drug-likeness (QED) is 0.392. The molecule has 0 aliphatic carbocycles. The summed E-state index contributed by atoms with van der Waals surface area (Å²) in [6, 6.07) is 3.30. The molecule has 6 nitrogen and oxygen atoms in total. The molecule has 1 atom stereocenters. The van der Waals surface area contributed by atoms with E-state index in [2.05, 4.69) is 4.98 Å². The van der Waals surface area contributed by atoms with Crippen LogP contribution in [0.25, 0.3) is 10.9 Å². The lowest BCUT2D eigenvalue weighted by atomic mass is 10.2. The van der Waals surface area contributed by atoms with Crippen molar-refractivity contribution in [2.75, 3.05) is 6.61 Å². The lowest BCUT2D eigenvalue weighted by Gasteiger charge is -2.23. The standard InChI is InChI=1S/C12H12ClN3O3/c1-2-19-11(18)12(14,7-17)16-4-3-8-5-10(13)15-6-9(8)16/h3-7H,2,14H2,1H3. The number of carbonyl (C=O) groups is 2. The molecule has 0 bridgehead atoms. The van der Waals surface area contributed by atoms with Crippen LogP contribution < -0.4 is 5.73 Å². The van der Waals surface area contributed by atoms with Crippen LogP contribution in [-0.2, 0) is 20.0 Å². The molecule has 0 aromatic carbocycles. The van der Waals surface area contributed by atoms with E-state index in [1.165, 1.54) is 17.0 Å². The second kappa shape index (κ2) is 4.99. The summed E-state index contributed by atoms with van der Waals surface area (Å²) in [7, 11) is 0. The van der Waals surface area contributed by atoms with E-state index >= 15 is 0 Å². The number of nitrogens with two attached hydrogens (primary N) is 1. The molecule has 100 valence electrons. The topological polar surface area (TPSA) is 87.2 Å². The van der Waals surface area contributed by atoms with Crippen LogP contribution in [0.5, 0.6) is 0 Å². The number of pyridine rings is 1. The highest BCUT2D eigenvalue weighted by molar-refractivity contribution is 6.30. The van der Waals surface area contributed by atoms with Gasteiger partial charge in [0.25, 0.3) is 0 Å². The van der Waals surface area contributed by atoms with Gasteiger partial charge in [-0.3, -0.25) is 10.5 Å². The Morgan fingerprint density at radius 1 is 1.68 bits per heavy atom. The maximum absolute atomic E-state index is 11.9. The summed E-state index contributed by atoms with van der Waals surface area (Å²) < 4.78 is 6.15. The number of carbonyl (C=O) groups excluding carboxylic acids is 2. The Bertz CT molecular complexity index is 640. The van der Waals surface area contributed by atoms with Gasteiger partial charge in [0.2, 0.25) is 5.66 Å². The molecule has 2 aromatic heterocycles. The lowest BCUT2D eigenvalue weighted by molar-refractivity contribution is -0.155. The van der Waals surface area contributed by atoms with E-state index in [4.69, 9.17) is 22.1 Å². The lowest BCUT2D eigenvalue weighted by Crippen LogP contribution is -2.52. The summed E-state index contributed by atoms with van der Waals surface area (Å²) in [5.41, 5.74) is 4.47. The average Bonchev–Trinajstić information content (AvgIpc) is 2.81. The van der Waals surface area contributed by atoms with Gasteiger partial charge in [-0.05, 0) is 19.1 Å². The molecule has 0 saturated carbocycles. The average molecular weight is 282 g/mol. The van der Waals surface area contributed by atoms with Gasteiger partial charge in [0, 0.05) is 11.6 Å². The first-order valence-electron chi connectivity index (χ1n) is 5.58. The summed E-state index contributed by atoms with van der Waals surface area (Å²) in [6.45, 7) is 1.77. The molecule has 2 aromatic rings. The third-order valence-electron chi connectivity index (χ3n) is 2.72. The fourth-order valence-corrected chi connectivity index (χ4v) is 1.95. The molecule has 2 N–H and O–H groups in total.